The van der Waals surface area contributed by atoms with Gasteiger partial charge in [-0.05, 0) is 56.9 Å². The highest BCUT2D eigenvalue weighted by Gasteiger charge is 2.27. The first-order chi connectivity index (χ1) is 9.19. The molecule has 0 aromatic rings. The Morgan fingerprint density at radius 3 is 2.00 bits per heavy atom. The molecule has 1 nitrogen and oxygen atoms in total. The van der Waals surface area contributed by atoms with Gasteiger partial charge in [0.05, 0.1) is 0 Å². The molecular weight excluding hydrogens is 230 g/mol. The molecule has 114 valence electrons. The van der Waals surface area contributed by atoms with Gasteiger partial charge in [-0.3, -0.25) is 0 Å². The lowest BCUT2D eigenvalue weighted by molar-refractivity contribution is 0.186. The van der Waals surface area contributed by atoms with E-state index in [0.29, 0.717) is 0 Å². The van der Waals surface area contributed by atoms with E-state index in [4.69, 9.17) is 0 Å². The number of hydrogen-bond donors (Lipinski definition) is 1. The number of hydrogen-bond acceptors (Lipinski definition) is 1. The molecule has 0 bridgehead atoms. The van der Waals surface area contributed by atoms with Crippen molar-refractivity contribution >= 4 is 0 Å². The molecule has 1 saturated carbocycles. The van der Waals surface area contributed by atoms with Gasteiger partial charge in [0.15, 0.2) is 0 Å². The second-order valence-corrected chi connectivity index (χ2v) is 7.02. The molecule has 0 heterocycles. The first kappa shape index (κ1) is 17.0. The second kappa shape index (κ2) is 9.80. The summed E-state index contributed by atoms with van der Waals surface area (Å²) < 4.78 is 0. The normalized spacial score (nSPS) is 25.7. The molecule has 0 saturated heterocycles. The molecule has 1 rings (SSSR count). The van der Waals surface area contributed by atoms with Crippen molar-refractivity contribution < 1.29 is 0 Å². The van der Waals surface area contributed by atoms with Crippen LogP contribution in [0.1, 0.15) is 85.0 Å². The molecule has 1 unspecified atom stereocenters. The van der Waals surface area contributed by atoms with Gasteiger partial charge in [0.2, 0.25) is 0 Å². The molecule has 0 aliphatic heterocycles. The van der Waals surface area contributed by atoms with E-state index < -0.39 is 0 Å². The van der Waals surface area contributed by atoms with Crippen LogP contribution >= 0.6 is 0 Å². The smallest absolute Gasteiger partial charge is 0.00923 e. The summed E-state index contributed by atoms with van der Waals surface area (Å²) in [6, 6.07) is 0.787. The van der Waals surface area contributed by atoms with Crippen LogP contribution < -0.4 is 5.32 Å². The fourth-order valence-electron chi connectivity index (χ4n) is 3.80. The lowest BCUT2D eigenvalue weighted by Crippen LogP contribution is -2.36. The minimum atomic E-state index is 0.787. The van der Waals surface area contributed by atoms with Crippen LogP contribution in [-0.2, 0) is 0 Å². The predicted molar refractivity (Wildman–Crippen MR) is 86.5 cm³/mol. The lowest BCUT2D eigenvalue weighted by atomic mass is 9.74. The van der Waals surface area contributed by atoms with Crippen molar-refractivity contribution in [1.29, 1.82) is 0 Å². The zero-order chi connectivity index (χ0) is 14.1. The highest BCUT2D eigenvalue weighted by Crippen LogP contribution is 2.35. The standard InChI is InChI=1S/C18H37N/c1-5-6-7-8-9-10-18(19-4)17-13-11-16(12-14-17)15(2)3/h15-19H,5-14H2,1-4H3. The minimum Gasteiger partial charge on any atom is -0.317 e. The van der Waals surface area contributed by atoms with Crippen molar-refractivity contribution in [2.45, 2.75) is 91.0 Å². The van der Waals surface area contributed by atoms with E-state index >= 15 is 0 Å². The van der Waals surface area contributed by atoms with Crippen molar-refractivity contribution in [3.8, 4) is 0 Å². The quantitative estimate of drug-likeness (QED) is 0.552. The number of nitrogens with one attached hydrogen (secondary N) is 1. The maximum Gasteiger partial charge on any atom is 0.00923 e. The highest BCUT2D eigenvalue weighted by atomic mass is 14.9. The zero-order valence-corrected chi connectivity index (χ0v) is 13.9. The van der Waals surface area contributed by atoms with Gasteiger partial charge in [0.1, 0.15) is 0 Å². The first-order valence-electron chi connectivity index (χ1n) is 8.86. The van der Waals surface area contributed by atoms with Crippen LogP contribution in [0.2, 0.25) is 0 Å². The molecule has 1 N–H and O–H groups in total. The predicted octanol–water partition coefficient (Wildman–Crippen LogP) is 5.40. The Kier molecular flexibility index (Phi) is 8.77. The summed E-state index contributed by atoms with van der Waals surface area (Å²) in [6.45, 7) is 7.09. The topological polar surface area (TPSA) is 12.0 Å². The molecule has 1 atom stereocenters. The zero-order valence-electron chi connectivity index (χ0n) is 13.9. The van der Waals surface area contributed by atoms with Crippen LogP contribution in [-0.4, -0.2) is 13.1 Å². The summed E-state index contributed by atoms with van der Waals surface area (Å²) in [5.41, 5.74) is 0. The fourth-order valence-corrected chi connectivity index (χ4v) is 3.80. The summed E-state index contributed by atoms with van der Waals surface area (Å²) in [5.74, 6) is 2.84. The maximum absolute atomic E-state index is 3.61. The van der Waals surface area contributed by atoms with E-state index in [-0.39, 0.29) is 0 Å². The molecule has 1 aliphatic rings. The van der Waals surface area contributed by atoms with Crippen LogP contribution in [0.5, 0.6) is 0 Å². The number of rotatable bonds is 9. The summed E-state index contributed by atoms with van der Waals surface area (Å²) >= 11 is 0. The third-order valence-electron chi connectivity index (χ3n) is 5.32. The Morgan fingerprint density at radius 1 is 0.895 bits per heavy atom. The SMILES string of the molecule is CCCCCCCC(NC)C1CCC(C(C)C)CC1. The van der Waals surface area contributed by atoms with Crippen molar-refractivity contribution in [2.24, 2.45) is 17.8 Å². The lowest BCUT2D eigenvalue weighted by Gasteiger charge is -2.35. The summed E-state index contributed by atoms with van der Waals surface area (Å²) in [5, 5.41) is 3.61. The minimum absolute atomic E-state index is 0.787. The highest BCUT2D eigenvalue weighted by molar-refractivity contribution is 4.82. The fraction of sp³-hybridized carbons (Fsp3) is 1.00. The Morgan fingerprint density at radius 2 is 1.47 bits per heavy atom. The Balaban J connectivity index is 2.20. The van der Waals surface area contributed by atoms with E-state index in [1.54, 1.807) is 0 Å². The average Bonchev–Trinajstić information content (AvgIpc) is 2.43. The van der Waals surface area contributed by atoms with E-state index in [9.17, 15) is 0 Å². The molecule has 0 aromatic heterocycles. The van der Waals surface area contributed by atoms with Gasteiger partial charge in [0, 0.05) is 6.04 Å². The summed E-state index contributed by atoms with van der Waals surface area (Å²) in [7, 11) is 2.17. The van der Waals surface area contributed by atoms with Crippen LogP contribution in [0, 0.1) is 17.8 Å². The third-order valence-corrected chi connectivity index (χ3v) is 5.32. The van der Waals surface area contributed by atoms with Gasteiger partial charge < -0.3 is 5.32 Å². The maximum atomic E-state index is 3.61. The molecule has 1 heteroatoms. The molecule has 0 aromatic carbocycles. The molecule has 0 radical (unpaired) electrons. The molecule has 1 aliphatic carbocycles. The van der Waals surface area contributed by atoms with E-state index in [2.05, 4.69) is 33.1 Å². The second-order valence-electron chi connectivity index (χ2n) is 7.02. The van der Waals surface area contributed by atoms with Gasteiger partial charge in [-0.2, -0.15) is 0 Å². The van der Waals surface area contributed by atoms with Crippen LogP contribution in [0.3, 0.4) is 0 Å². The monoisotopic (exact) mass is 267 g/mol. The van der Waals surface area contributed by atoms with E-state index in [1.165, 1.54) is 64.2 Å². The van der Waals surface area contributed by atoms with Crippen LogP contribution in [0.4, 0.5) is 0 Å². The number of unbranched alkanes of at least 4 members (excludes halogenated alkanes) is 4. The van der Waals surface area contributed by atoms with Crippen molar-refractivity contribution in [2.75, 3.05) is 7.05 Å². The van der Waals surface area contributed by atoms with Crippen molar-refractivity contribution in [1.82, 2.24) is 5.32 Å². The Hall–Kier alpha value is -0.0400. The van der Waals surface area contributed by atoms with Gasteiger partial charge in [-0.15, -0.1) is 0 Å². The van der Waals surface area contributed by atoms with Crippen molar-refractivity contribution in [3.05, 3.63) is 0 Å². The largest absolute Gasteiger partial charge is 0.317 e. The van der Waals surface area contributed by atoms with Crippen molar-refractivity contribution in [3.63, 3.8) is 0 Å². The average molecular weight is 268 g/mol. The third kappa shape index (κ3) is 6.29. The summed E-state index contributed by atoms with van der Waals surface area (Å²) in [4.78, 5) is 0. The molecule has 19 heavy (non-hydrogen) atoms. The van der Waals surface area contributed by atoms with Gasteiger partial charge >= 0.3 is 0 Å². The van der Waals surface area contributed by atoms with Gasteiger partial charge in [-0.25, -0.2) is 0 Å². The Bertz CT molecular complexity index is 204. The van der Waals surface area contributed by atoms with Gasteiger partial charge in [-0.1, -0.05) is 52.9 Å². The van der Waals surface area contributed by atoms with E-state index in [0.717, 1.165) is 23.8 Å². The van der Waals surface area contributed by atoms with Crippen LogP contribution in [0.15, 0.2) is 0 Å². The molecule has 0 spiro atoms. The molecule has 0 amide bonds. The Labute approximate surface area is 121 Å². The van der Waals surface area contributed by atoms with E-state index in [1.807, 2.05) is 0 Å². The summed E-state index contributed by atoms with van der Waals surface area (Å²) in [6.07, 6.45) is 14.3. The molecular formula is C18H37N. The first-order valence-corrected chi connectivity index (χ1v) is 8.86. The van der Waals surface area contributed by atoms with Gasteiger partial charge in [0.25, 0.3) is 0 Å². The molecule has 1 fully saturated rings. The van der Waals surface area contributed by atoms with Crippen LogP contribution in [0.25, 0.3) is 0 Å².